The highest BCUT2D eigenvalue weighted by atomic mass is 15.3. The first-order chi connectivity index (χ1) is 12.2. The minimum absolute atomic E-state index is 0.576. The summed E-state index contributed by atoms with van der Waals surface area (Å²) in [5.41, 5.74) is 5.71. The van der Waals surface area contributed by atoms with Crippen LogP contribution in [0.2, 0.25) is 0 Å². The Bertz CT molecular complexity index is 885. The summed E-state index contributed by atoms with van der Waals surface area (Å²) in [4.78, 5) is 8.97. The van der Waals surface area contributed by atoms with Crippen molar-refractivity contribution in [2.45, 2.75) is 25.8 Å². The number of hydrogen-bond donors (Lipinski definition) is 2. The number of hydrogen-bond acceptors (Lipinski definition) is 5. The van der Waals surface area contributed by atoms with E-state index in [4.69, 9.17) is 0 Å². The third-order valence-electron chi connectivity index (χ3n) is 4.66. The van der Waals surface area contributed by atoms with Gasteiger partial charge in [0.1, 0.15) is 0 Å². The lowest BCUT2D eigenvalue weighted by atomic mass is 9.92. The summed E-state index contributed by atoms with van der Waals surface area (Å²) in [6.45, 7) is 4.28. The number of fused-ring (bicyclic) bond motifs is 1. The smallest absolute Gasteiger partial charge is 0.227 e. The second kappa shape index (κ2) is 6.64. The van der Waals surface area contributed by atoms with E-state index in [0.29, 0.717) is 11.9 Å². The number of nitrogens with zero attached hydrogens (tertiary/aromatic N) is 4. The molecule has 4 rings (SSSR count). The number of nitrogens with one attached hydrogen (secondary N) is 2. The summed E-state index contributed by atoms with van der Waals surface area (Å²) in [6, 6.07) is 8.61. The SMILES string of the molecule is C[C@@H]1CCNCc2cc(-c3ccnc(Nc4cnn(C)c4)n3)ccc21. The third-order valence-corrected chi connectivity index (χ3v) is 4.66. The van der Waals surface area contributed by atoms with Crippen molar-refractivity contribution >= 4 is 11.6 Å². The molecule has 0 unspecified atom stereocenters. The molecule has 1 atom stereocenters. The van der Waals surface area contributed by atoms with Crippen LogP contribution in [0.1, 0.15) is 30.4 Å². The van der Waals surface area contributed by atoms with Gasteiger partial charge in [-0.2, -0.15) is 5.10 Å². The monoisotopic (exact) mass is 334 g/mol. The molecule has 0 saturated heterocycles. The van der Waals surface area contributed by atoms with E-state index < -0.39 is 0 Å². The molecular formula is C19H22N6. The van der Waals surface area contributed by atoms with E-state index in [-0.39, 0.29) is 0 Å². The van der Waals surface area contributed by atoms with Crippen LogP contribution < -0.4 is 10.6 Å². The van der Waals surface area contributed by atoms with Crippen LogP contribution in [-0.2, 0) is 13.6 Å². The van der Waals surface area contributed by atoms with E-state index in [0.717, 1.165) is 30.0 Å². The zero-order valence-electron chi connectivity index (χ0n) is 14.5. The van der Waals surface area contributed by atoms with Crippen molar-refractivity contribution in [2.75, 3.05) is 11.9 Å². The van der Waals surface area contributed by atoms with E-state index in [9.17, 15) is 0 Å². The average molecular weight is 334 g/mol. The van der Waals surface area contributed by atoms with Crippen LogP contribution in [0.5, 0.6) is 0 Å². The van der Waals surface area contributed by atoms with Gasteiger partial charge in [0.2, 0.25) is 5.95 Å². The Morgan fingerprint density at radius 1 is 1.28 bits per heavy atom. The van der Waals surface area contributed by atoms with Crippen LogP contribution in [0.3, 0.4) is 0 Å². The predicted octanol–water partition coefficient (Wildman–Crippen LogP) is 3.22. The van der Waals surface area contributed by atoms with Gasteiger partial charge in [0.05, 0.1) is 17.6 Å². The van der Waals surface area contributed by atoms with E-state index >= 15 is 0 Å². The molecule has 128 valence electrons. The summed E-state index contributed by atoms with van der Waals surface area (Å²) in [5, 5.41) is 10.9. The summed E-state index contributed by atoms with van der Waals surface area (Å²) in [5.74, 6) is 1.17. The van der Waals surface area contributed by atoms with Gasteiger partial charge in [0.25, 0.3) is 0 Å². The molecule has 3 heterocycles. The van der Waals surface area contributed by atoms with E-state index in [1.165, 1.54) is 17.5 Å². The van der Waals surface area contributed by atoms with E-state index in [2.05, 4.69) is 50.8 Å². The largest absolute Gasteiger partial charge is 0.321 e. The predicted molar refractivity (Wildman–Crippen MR) is 98.7 cm³/mol. The minimum atomic E-state index is 0.576. The van der Waals surface area contributed by atoms with Crippen LogP contribution in [0.25, 0.3) is 11.3 Å². The normalized spacial score (nSPS) is 17.0. The van der Waals surface area contributed by atoms with E-state index in [1.54, 1.807) is 17.1 Å². The highest BCUT2D eigenvalue weighted by Gasteiger charge is 2.15. The molecule has 0 aliphatic carbocycles. The number of rotatable bonds is 3. The molecule has 0 radical (unpaired) electrons. The molecule has 0 fully saturated rings. The molecule has 0 spiro atoms. The average Bonchev–Trinajstić information content (AvgIpc) is 2.93. The lowest BCUT2D eigenvalue weighted by Crippen LogP contribution is -2.12. The molecule has 0 bridgehead atoms. The van der Waals surface area contributed by atoms with Gasteiger partial charge in [-0.1, -0.05) is 19.1 Å². The lowest BCUT2D eigenvalue weighted by Gasteiger charge is -2.13. The fourth-order valence-electron chi connectivity index (χ4n) is 3.29. The summed E-state index contributed by atoms with van der Waals surface area (Å²) in [7, 11) is 1.88. The first kappa shape index (κ1) is 15.8. The molecule has 6 heteroatoms. The van der Waals surface area contributed by atoms with Crippen LogP contribution >= 0.6 is 0 Å². The van der Waals surface area contributed by atoms with Gasteiger partial charge in [-0.25, -0.2) is 9.97 Å². The molecule has 1 aromatic carbocycles. The molecule has 25 heavy (non-hydrogen) atoms. The second-order valence-electron chi connectivity index (χ2n) is 6.57. The molecule has 0 saturated carbocycles. The van der Waals surface area contributed by atoms with Crippen LogP contribution in [0.15, 0.2) is 42.9 Å². The molecule has 0 amide bonds. The molecule has 2 aromatic heterocycles. The standard InChI is InChI=1S/C19H22N6/c1-13-5-7-20-10-15-9-14(3-4-17(13)15)18-6-8-21-19(24-18)23-16-11-22-25(2)12-16/h3-4,6,8-9,11-13,20H,5,7,10H2,1-2H3,(H,21,23,24)/t13-/m1/s1. The Labute approximate surface area is 147 Å². The first-order valence-electron chi connectivity index (χ1n) is 8.61. The molecule has 1 aliphatic rings. The first-order valence-corrected chi connectivity index (χ1v) is 8.61. The molecule has 3 aromatic rings. The molecule has 2 N–H and O–H groups in total. The van der Waals surface area contributed by atoms with Crippen LogP contribution in [0.4, 0.5) is 11.6 Å². The Kier molecular flexibility index (Phi) is 4.19. The zero-order chi connectivity index (χ0) is 17.2. The Morgan fingerprint density at radius 2 is 2.20 bits per heavy atom. The van der Waals surface area contributed by atoms with Crippen molar-refractivity contribution in [2.24, 2.45) is 7.05 Å². The summed E-state index contributed by atoms with van der Waals surface area (Å²) >= 11 is 0. The Balaban J connectivity index is 1.63. The number of aryl methyl sites for hydroxylation is 1. The molecular weight excluding hydrogens is 312 g/mol. The molecule has 6 nitrogen and oxygen atoms in total. The highest BCUT2D eigenvalue weighted by Crippen LogP contribution is 2.29. The summed E-state index contributed by atoms with van der Waals surface area (Å²) in [6.07, 6.45) is 6.61. The number of benzene rings is 1. The topological polar surface area (TPSA) is 67.7 Å². The Hall–Kier alpha value is -2.73. The maximum absolute atomic E-state index is 4.66. The highest BCUT2D eigenvalue weighted by molar-refractivity contribution is 5.63. The van der Waals surface area contributed by atoms with Crippen molar-refractivity contribution in [3.63, 3.8) is 0 Å². The number of aromatic nitrogens is 4. The van der Waals surface area contributed by atoms with Crippen molar-refractivity contribution < 1.29 is 0 Å². The quantitative estimate of drug-likeness (QED) is 0.770. The van der Waals surface area contributed by atoms with Gasteiger partial charge in [0.15, 0.2) is 0 Å². The minimum Gasteiger partial charge on any atom is -0.321 e. The van der Waals surface area contributed by atoms with Gasteiger partial charge in [0, 0.05) is 31.5 Å². The van der Waals surface area contributed by atoms with Crippen molar-refractivity contribution in [1.82, 2.24) is 25.1 Å². The molecule has 1 aliphatic heterocycles. The van der Waals surface area contributed by atoms with Gasteiger partial charge in [-0.05, 0) is 42.1 Å². The lowest BCUT2D eigenvalue weighted by molar-refractivity contribution is 0.630. The number of anilines is 2. The van der Waals surface area contributed by atoms with Gasteiger partial charge in [-0.15, -0.1) is 0 Å². The fraction of sp³-hybridized carbons (Fsp3) is 0.316. The third kappa shape index (κ3) is 3.39. The summed E-state index contributed by atoms with van der Waals surface area (Å²) < 4.78 is 1.74. The zero-order valence-corrected chi connectivity index (χ0v) is 14.5. The van der Waals surface area contributed by atoms with Crippen molar-refractivity contribution in [3.8, 4) is 11.3 Å². The van der Waals surface area contributed by atoms with Crippen LogP contribution in [-0.4, -0.2) is 26.3 Å². The van der Waals surface area contributed by atoms with Crippen molar-refractivity contribution in [1.29, 1.82) is 0 Å². The van der Waals surface area contributed by atoms with Crippen LogP contribution in [0, 0.1) is 0 Å². The van der Waals surface area contributed by atoms with Gasteiger partial charge in [-0.3, -0.25) is 4.68 Å². The maximum atomic E-state index is 4.66. The fourth-order valence-corrected chi connectivity index (χ4v) is 3.29. The Morgan fingerprint density at radius 3 is 3.04 bits per heavy atom. The van der Waals surface area contributed by atoms with E-state index in [1.807, 2.05) is 19.3 Å². The van der Waals surface area contributed by atoms with Crippen molar-refractivity contribution in [3.05, 3.63) is 54.0 Å². The second-order valence-corrected chi connectivity index (χ2v) is 6.57. The van der Waals surface area contributed by atoms with Gasteiger partial charge >= 0.3 is 0 Å². The van der Waals surface area contributed by atoms with Gasteiger partial charge < -0.3 is 10.6 Å². The maximum Gasteiger partial charge on any atom is 0.227 e.